The average molecular weight is 460 g/mol. The van der Waals surface area contributed by atoms with Crippen molar-refractivity contribution in [3.8, 4) is 5.69 Å². The zero-order chi connectivity index (χ0) is 24.1. The summed E-state index contributed by atoms with van der Waals surface area (Å²) in [7, 11) is 1.46. The Kier molecular flexibility index (Phi) is 5.44. The first kappa shape index (κ1) is 22.8. The number of aromatic amines is 1. The molecule has 3 heterocycles. The van der Waals surface area contributed by atoms with Crippen molar-refractivity contribution in [1.29, 1.82) is 0 Å². The van der Waals surface area contributed by atoms with Gasteiger partial charge in [0.25, 0.3) is 5.92 Å². The van der Waals surface area contributed by atoms with Gasteiger partial charge >= 0.3 is 5.97 Å². The van der Waals surface area contributed by atoms with E-state index in [0.717, 1.165) is 0 Å². The van der Waals surface area contributed by atoms with Crippen molar-refractivity contribution in [3.05, 3.63) is 53.1 Å². The van der Waals surface area contributed by atoms with Crippen LogP contribution >= 0.6 is 0 Å². The normalized spacial score (nSPS) is 12.7. The smallest absolute Gasteiger partial charge is 0.309 e. The van der Waals surface area contributed by atoms with E-state index in [1.807, 2.05) is 0 Å². The van der Waals surface area contributed by atoms with Crippen molar-refractivity contribution in [3.63, 3.8) is 0 Å². The number of halogens is 3. The molecule has 33 heavy (non-hydrogen) atoms. The Morgan fingerprint density at radius 1 is 1.27 bits per heavy atom. The number of fused-ring (bicyclic) bond motifs is 2. The Labute approximate surface area is 187 Å². The van der Waals surface area contributed by atoms with Gasteiger partial charge in [0.05, 0.1) is 23.9 Å². The zero-order valence-electron chi connectivity index (χ0n) is 18.5. The molecule has 0 aliphatic carbocycles. The highest BCUT2D eigenvalue weighted by molar-refractivity contribution is 5.94. The van der Waals surface area contributed by atoms with Gasteiger partial charge in [-0.1, -0.05) is 13.8 Å². The predicted octanol–water partition coefficient (Wildman–Crippen LogP) is 4.84. The number of hydrogen-bond acceptors (Lipinski definition) is 4. The lowest BCUT2D eigenvalue weighted by atomic mass is 9.85. The number of pyridine rings is 1. The third kappa shape index (κ3) is 3.84. The summed E-state index contributed by atoms with van der Waals surface area (Å²) < 4.78 is 52.2. The molecule has 10 heteroatoms. The van der Waals surface area contributed by atoms with E-state index in [1.165, 1.54) is 25.4 Å². The Bertz CT molecular complexity index is 1370. The van der Waals surface area contributed by atoms with E-state index >= 15 is 8.78 Å². The number of carboxylic acids is 1. The molecule has 0 saturated heterocycles. The van der Waals surface area contributed by atoms with E-state index in [9.17, 15) is 14.3 Å². The first-order valence-electron chi connectivity index (χ1n) is 10.2. The van der Waals surface area contributed by atoms with Gasteiger partial charge in [0.2, 0.25) is 0 Å². The van der Waals surface area contributed by atoms with Gasteiger partial charge in [-0.3, -0.25) is 9.89 Å². The highest BCUT2D eigenvalue weighted by Gasteiger charge is 2.45. The standard InChI is InChI=1S/C23H23F3N4O3/c1-12-7-14(5-6-15(12)24)30-16-8-13-10-27-29-21(13)28-19(16)18(23(25,26)9-17(31)32)20(30)22(2,3)11-33-4/h5-8,10H,9,11H2,1-4H3,(H,31,32)(H,27,28,29). The van der Waals surface area contributed by atoms with E-state index in [4.69, 9.17) is 4.74 Å². The lowest BCUT2D eigenvalue weighted by Gasteiger charge is -2.29. The van der Waals surface area contributed by atoms with Crippen LogP contribution in [-0.4, -0.2) is 44.5 Å². The molecule has 4 aromatic rings. The van der Waals surface area contributed by atoms with Crippen LogP contribution in [0.25, 0.3) is 27.8 Å². The molecule has 0 fully saturated rings. The topological polar surface area (TPSA) is 93.0 Å². The van der Waals surface area contributed by atoms with Gasteiger partial charge in [-0.05, 0) is 36.8 Å². The number of rotatable bonds is 7. The molecule has 0 aliphatic heterocycles. The highest BCUT2D eigenvalue weighted by atomic mass is 19.3. The summed E-state index contributed by atoms with van der Waals surface area (Å²) in [4.78, 5) is 15.8. The monoisotopic (exact) mass is 460 g/mol. The summed E-state index contributed by atoms with van der Waals surface area (Å²) >= 11 is 0. The fourth-order valence-corrected chi connectivity index (χ4v) is 4.30. The maximum Gasteiger partial charge on any atom is 0.309 e. The molecule has 0 bridgehead atoms. The zero-order valence-corrected chi connectivity index (χ0v) is 18.5. The van der Waals surface area contributed by atoms with E-state index < -0.39 is 35.1 Å². The molecule has 1 aromatic carbocycles. The number of aliphatic carboxylic acids is 1. The minimum atomic E-state index is -3.74. The minimum absolute atomic E-state index is 0.0563. The number of ether oxygens (including phenoxy) is 1. The third-order valence-corrected chi connectivity index (χ3v) is 5.63. The van der Waals surface area contributed by atoms with Crippen LogP contribution in [0.3, 0.4) is 0 Å². The van der Waals surface area contributed by atoms with Crippen LogP contribution in [0.5, 0.6) is 0 Å². The van der Waals surface area contributed by atoms with Crippen LogP contribution in [0.15, 0.2) is 30.5 Å². The molecule has 0 atom stereocenters. The molecule has 0 radical (unpaired) electrons. The first-order valence-corrected chi connectivity index (χ1v) is 10.2. The van der Waals surface area contributed by atoms with Crippen molar-refractivity contribution in [2.75, 3.05) is 13.7 Å². The summed E-state index contributed by atoms with van der Waals surface area (Å²) in [6, 6.07) is 5.97. The number of aryl methyl sites for hydroxylation is 1. The van der Waals surface area contributed by atoms with Gasteiger partial charge in [0.1, 0.15) is 17.8 Å². The molecular weight excluding hydrogens is 437 g/mol. The van der Waals surface area contributed by atoms with E-state index in [1.54, 1.807) is 37.5 Å². The predicted molar refractivity (Wildman–Crippen MR) is 116 cm³/mol. The van der Waals surface area contributed by atoms with E-state index in [-0.39, 0.29) is 17.8 Å². The van der Waals surface area contributed by atoms with Crippen LogP contribution in [-0.2, 0) is 20.9 Å². The van der Waals surface area contributed by atoms with Gasteiger partial charge < -0.3 is 14.4 Å². The molecule has 4 rings (SSSR count). The van der Waals surface area contributed by atoms with Crippen molar-refractivity contribution in [1.82, 2.24) is 19.7 Å². The Hall–Kier alpha value is -3.40. The number of alkyl halides is 2. The number of methoxy groups -OCH3 is 1. The largest absolute Gasteiger partial charge is 0.481 e. The quantitative estimate of drug-likeness (QED) is 0.412. The number of hydrogen-bond donors (Lipinski definition) is 2. The molecule has 7 nitrogen and oxygen atoms in total. The lowest BCUT2D eigenvalue weighted by molar-refractivity contribution is -0.145. The number of aromatic nitrogens is 4. The van der Waals surface area contributed by atoms with Gasteiger partial charge in [-0.25, -0.2) is 18.2 Å². The summed E-state index contributed by atoms with van der Waals surface area (Å²) in [6.45, 7) is 5.10. The van der Waals surface area contributed by atoms with E-state index in [2.05, 4.69) is 15.2 Å². The number of nitrogens with zero attached hydrogens (tertiary/aromatic N) is 3. The average Bonchev–Trinajstić information content (AvgIpc) is 3.29. The van der Waals surface area contributed by atoms with Gasteiger partial charge in [-0.15, -0.1) is 0 Å². The fourth-order valence-electron chi connectivity index (χ4n) is 4.30. The SMILES string of the molecule is COCC(C)(C)c1c(C(F)(F)CC(=O)O)c2nc3[nH]ncc3cc2n1-c1ccc(F)c(C)c1. The summed E-state index contributed by atoms with van der Waals surface area (Å²) in [5.41, 5.74) is -0.000887. The number of benzene rings is 1. The van der Waals surface area contributed by atoms with Crippen LogP contribution in [0.1, 0.15) is 37.1 Å². The second-order valence-electron chi connectivity index (χ2n) is 8.75. The Morgan fingerprint density at radius 3 is 2.64 bits per heavy atom. The molecule has 0 unspecified atom stereocenters. The maximum absolute atomic E-state index is 15.6. The molecular formula is C23H23F3N4O3. The third-order valence-electron chi connectivity index (χ3n) is 5.63. The molecule has 0 saturated carbocycles. The van der Waals surface area contributed by atoms with Crippen molar-refractivity contribution in [2.45, 2.75) is 38.5 Å². The fraction of sp³-hybridized carbons (Fsp3) is 0.348. The Morgan fingerprint density at radius 2 is 2.00 bits per heavy atom. The number of H-pyrrole nitrogens is 1. The molecule has 0 spiro atoms. The number of carbonyl (C=O) groups is 1. The molecule has 174 valence electrons. The molecule has 3 aromatic heterocycles. The second-order valence-corrected chi connectivity index (χ2v) is 8.75. The van der Waals surface area contributed by atoms with Gasteiger partial charge in [0.15, 0.2) is 5.65 Å². The summed E-state index contributed by atoms with van der Waals surface area (Å²) in [5, 5.41) is 16.4. The first-order chi connectivity index (χ1) is 15.5. The van der Waals surface area contributed by atoms with Crippen molar-refractivity contribution < 1.29 is 27.8 Å². The van der Waals surface area contributed by atoms with Crippen LogP contribution in [0.4, 0.5) is 13.2 Å². The molecule has 0 aliphatic rings. The van der Waals surface area contributed by atoms with Crippen molar-refractivity contribution >= 4 is 28.0 Å². The summed E-state index contributed by atoms with van der Waals surface area (Å²) in [6.07, 6.45) is 0.109. The number of nitrogens with one attached hydrogen (secondary N) is 1. The summed E-state index contributed by atoms with van der Waals surface area (Å²) in [5.74, 6) is -5.82. The molecule has 2 N–H and O–H groups in total. The van der Waals surface area contributed by atoms with Gasteiger partial charge in [-0.2, -0.15) is 5.10 Å². The van der Waals surface area contributed by atoms with Gasteiger partial charge in [0, 0.05) is 29.3 Å². The van der Waals surface area contributed by atoms with Crippen LogP contribution in [0.2, 0.25) is 0 Å². The van der Waals surface area contributed by atoms with Crippen molar-refractivity contribution in [2.24, 2.45) is 0 Å². The van der Waals surface area contributed by atoms with Crippen LogP contribution in [0, 0.1) is 12.7 Å². The molecule has 0 amide bonds. The maximum atomic E-state index is 15.6. The highest BCUT2D eigenvalue weighted by Crippen LogP contribution is 2.46. The lowest BCUT2D eigenvalue weighted by Crippen LogP contribution is -2.31. The van der Waals surface area contributed by atoms with Crippen LogP contribution < -0.4 is 0 Å². The second kappa shape index (κ2) is 7.87. The Balaban J connectivity index is 2.22. The number of carboxylic acid groups (broad SMARTS) is 1. The minimum Gasteiger partial charge on any atom is -0.481 e. The van der Waals surface area contributed by atoms with E-state index in [0.29, 0.717) is 27.8 Å².